The molecule has 0 saturated heterocycles. The molecule has 1 aliphatic heterocycles. The molecule has 1 N–H and O–H groups in total. The second-order valence-electron chi connectivity index (χ2n) is 5.64. The Bertz CT molecular complexity index is 895. The predicted octanol–water partition coefficient (Wildman–Crippen LogP) is 3.65. The maximum atomic E-state index is 12.9. The average Bonchev–Trinajstić information content (AvgIpc) is 3.06. The first kappa shape index (κ1) is 18.6. The van der Waals surface area contributed by atoms with Crippen LogP contribution in [0.5, 0.6) is 17.2 Å². The fourth-order valence-electron chi connectivity index (χ4n) is 2.49. The van der Waals surface area contributed by atoms with Gasteiger partial charge in [-0.2, -0.15) is 13.2 Å². The predicted molar refractivity (Wildman–Crippen MR) is 88.1 cm³/mol. The number of carbonyl (C=O) groups is 2. The lowest BCUT2D eigenvalue weighted by Crippen LogP contribution is -2.22. The molecule has 142 valence electrons. The number of nitrogens with one attached hydrogen (secondary N) is 1. The zero-order valence-electron chi connectivity index (χ0n) is 14.1. The number of para-hydroxylation sites is 1. The van der Waals surface area contributed by atoms with Gasteiger partial charge in [-0.05, 0) is 25.1 Å². The van der Waals surface area contributed by atoms with Crippen LogP contribution in [0.1, 0.15) is 22.8 Å². The van der Waals surface area contributed by atoms with Crippen molar-refractivity contribution in [2.75, 3.05) is 18.7 Å². The van der Waals surface area contributed by atoms with Gasteiger partial charge in [-0.25, -0.2) is 0 Å². The van der Waals surface area contributed by atoms with Gasteiger partial charge in [-0.15, -0.1) is 0 Å². The summed E-state index contributed by atoms with van der Waals surface area (Å²) in [5.41, 5.74) is -0.641. The SMILES string of the molecule is CC(=O)c1cc2c(cc1NC(=O)COc1ccccc1C(F)(F)F)OCO2. The highest BCUT2D eigenvalue weighted by atomic mass is 19.4. The van der Waals surface area contributed by atoms with Crippen molar-refractivity contribution in [3.05, 3.63) is 47.5 Å². The topological polar surface area (TPSA) is 73.9 Å². The van der Waals surface area contributed by atoms with Crippen LogP contribution in [0.15, 0.2) is 36.4 Å². The van der Waals surface area contributed by atoms with Crippen LogP contribution in [-0.2, 0) is 11.0 Å². The summed E-state index contributed by atoms with van der Waals surface area (Å²) in [5, 5.41) is 2.45. The van der Waals surface area contributed by atoms with E-state index in [1.807, 2.05) is 0 Å². The third kappa shape index (κ3) is 4.13. The fraction of sp³-hybridized carbons (Fsp3) is 0.222. The van der Waals surface area contributed by atoms with Gasteiger partial charge >= 0.3 is 6.18 Å². The second-order valence-corrected chi connectivity index (χ2v) is 5.64. The number of benzene rings is 2. The molecule has 6 nitrogen and oxygen atoms in total. The molecule has 1 aliphatic rings. The fourth-order valence-corrected chi connectivity index (χ4v) is 2.49. The molecule has 27 heavy (non-hydrogen) atoms. The van der Waals surface area contributed by atoms with Crippen molar-refractivity contribution in [3.8, 4) is 17.2 Å². The van der Waals surface area contributed by atoms with E-state index in [1.54, 1.807) is 0 Å². The number of anilines is 1. The summed E-state index contributed by atoms with van der Waals surface area (Å²) < 4.78 is 54.2. The third-order valence-corrected chi connectivity index (χ3v) is 3.72. The molecular formula is C18H14F3NO5. The summed E-state index contributed by atoms with van der Waals surface area (Å²) in [5.74, 6) is -0.801. The number of hydrogen-bond acceptors (Lipinski definition) is 5. The van der Waals surface area contributed by atoms with Gasteiger partial charge in [0.1, 0.15) is 5.75 Å². The number of rotatable bonds is 5. The Labute approximate surface area is 151 Å². The highest BCUT2D eigenvalue weighted by Crippen LogP contribution is 2.38. The lowest BCUT2D eigenvalue weighted by atomic mass is 10.1. The van der Waals surface area contributed by atoms with Crippen molar-refractivity contribution >= 4 is 17.4 Å². The van der Waals surface area contributed by atoms with E-state index in [0.717, 1.165) is 12.1 Å². The number of ketones is 1. The van der Waals surface area contributed by atoms with E-state index in [2.05, 4.69) is 5.32 Å². The van der Waals surface area contributed by atoms with Crippen LogP contribution in [0.3, 0.4) is 0 Å². The Morgan fingerprint density at radius 1 is 1.15 bits per heavy atom. The van der Waals surface area contributed by atoms with E-state index < -0.39 is 30.0 Å². The summed E-state index contributed by atoms with van der Waals surface area (Å²) in [4.78, 5) is 23.9. The smallest absolute Gasteiger partial charge is 0.419 e. The molecule has 0 radical (unpaired) electrons. The zero-order valence-corrected chi connectivity index (χ0v) is 14.1. The average molecular weight is 381 g/mol. The van der Waals surface area contributed by atoms with E-state index in [1.165, 1.54) is 31.2 Å². The largest absolute Gasteiger partial charge is 0.483 e. The van der Waals surface area contributed by atoms with Crippen LogP contribution in [0, 0.1) is 0 Å². The van der Waals surface area contributed by atoms with Gasteiger partial charge < -0.3 is 19.5 Å². The van der Waals surface area contributed by atoms with E-state index in [-0.39, 0.29) is 23.8 Å². The van der Waals surface area contributed by atoms with Crippen LogP contribution < -0.4 is 19.5 Å². The number of halogens is 3. The number of carbonyl (C=O) groups excluding carboxylic acids is 2. The molecule has 0 aromatic heterocycles. The van der Waals surface area contributed by atoms with Crippen molar-refractivity contribution in [3.63, 3.8) is 0 Å². The van der Waals surface area contributed by atoms with Gasteiger partial charge in [0.05, 0.1) is 11.3 Å². The molecule has 2 aromatic carbocycles. The van der Waals surface area contributed by atoms with E-state index in [0.29, 0.717) is 11.5 Å². The zero-order chi connectivity index (χ0) is 19.6. The Morgan fingerprint density at radius 2 is 1.81 bits per heavy atom. The van der Waals surface area contributed by atoms with E-state index in [4.69, 9.17) is 14.2 Å². The molecule has 9 heteroatoms. The van der Waals surface area contributed by atoms with Crippen LogP contribution in [0.4, 0.5) is 18.9 Å². The molecule has 0 unspecified atom stereocenters. The summed E-state index contributed by atoms with van der Waals surface area (Å²) in [6, 6.07) is 7.42. The first-order valence-electron chi connectivity index (χ1n) is 7.79. The van der Waals surface area contributed by atoms with Crippen molar-refractivity contribution in [1.29, 1.82) is 0 Å². The van der Waals surface area contributed by atoms with Crippen molar-refractivity contribution in [2.24, 2.45) is 0 Å². The lowest BCUT2D eigenvalue weighted by molar-refractivity contribution is -0.139. The maximum absolute atomic E-state index is 12.9. The molecule has 0 fully saturated rings. The minimum absolute atomic E-state index is 0.0125. The summed E-state index contributed by atoms with van der Waals surface area (Å²) >= 11 is 0. The number of Topliss-reactive ketones (excluding diaryl/α,β-unsaturated/α-hetero) is 1. The molecule has 1 amide bonds. The maximum Gasteiger partial charge on any atom is 0.419 e. The monoisotopic (exact) mass is 381 g/mol. The normalized spacial score (nSPS) is 12.6. The summed E-state index contributed by atoms with van der Waals surface area (Å²) in [7, 11) is 0. The third-order valence-electron chi connectivity index (χ3n) is 3.72. The van der Waals surface area contributed by atoms with Crippen molar-refractivity contribution < 1.29 is 37.0 Å². The molecule has 0 saturated carbocycles. The summed E-state index contributed by atoms with van der Waals surface area (Å²) in [6.45, 7) is 0.629. The van der Waals surface area contributed by atoms with Gasteiger partial charge in [0.2, 0.25) is 6.79 Å². The summed E-state index contributed by atoms with van der Waals surface area (Å²) in [6.07, 6.45) is -4.60. The molecule has 0 atom stereocenters. The van der Waals surface area contributed by atoms with E-state index >= 15 is 0 Å². The van der Waals surface area contributed by atoms with Crippen LogP contribution in [-0.4, -0.2) is 25.1 Å². The quantitative estimate of drug-likeness (QED) is 0.801. The van der Waals surface area contributed by atoms with Gasteiger partial charge in [-0.1, -0.05) is 12.1 Å². The minimum atomic E-state index is -4.60. The molecule has 0 spiro atoms. The minimum Gasteiger partial charge on any atom is -0.483 e. The lowest BCUT2D eigenvalue weighted by Gasteiger charge is -2.14. The number of alkyl halides is 3. The van der Waals surface area contributed by atoms with Crippen molar-refractivity contribution in [2.45, 2.75) is 13.1 Å². The number of hydrogen-bond donors (Lipinski definition) is 1. The Morgan fingerprint density at radius 3 is 2.48 bits per heavy atom. The van der Waals surface area contributed by atoms with Gasteiger partial charge in [0.15, 0.2) is 23.9 Å². The highest BCUT2D eigenvalue weighted by molar-refractivity contribution is 6.04. The molecule has 0 aliphatic carbocycles. The Kier molecular flexibility index (Phi) is 4.93. The first-order valence-corrected chi connectivity index (χ1v) is 7.79. The molecule has 1 heterocycles. The van der Waals surface area contributed by atoms with E-state index in [9.17, 15) is 22.8 Å². The van der Waals surface area contributed by atoms with Crippen LogP contribution in [0.25, 0.3) is 0 Å². The molecule has 0 bridgehead atoms. The number of ether oxygens (including phenoxy) is 3. The van der Waals surface area contributed by atoms with Crippen LogP contribution in [0.2, 0.25) is 0 Å². The number of amides is 1. The van der Waals surface area contributed by atoms with Gasteiger partial charge in [0.25, 0.3) is 5.91 Å². The molecule has 2 aromatic rings. The standard InChI is InChI=1S/C18H14F3NO5/c1-10(23)11-6-15-16(27-9-26-15)7-13(11)22-17(24)8-25-14-5-3-2-4-12(14)18(19,20)21/h2-7H,8-9H2,1H3,(H,22,24). The molecule has 3 rings (SSSR count). The number of fused-ring (bicyclic) bond motifs is 1. The Balaban J connectivity index is 1.73. The first-order chi connectivity index (χ1) is 12.8. The Hall–Kier alpha value is -3.23. The van der Waals surface area contributed by atoms with Crippen LogP contribution >= 0.6 is 0 Å². The second kappa shape index (κ2) is 7.18. The highest BCUT2D eigenvalue weighted by Gasteiger charge is 2.34. The van der Waals surface area contributed by atoms with Gasteiger partial charge in [0, 0.05) is 11.6 Å². The van der Waals surface area contributed by atoms with Crippen molar-refractivity contribution in [1.82, 2.24) is 0 Å². The molecular weight excluding hydrogens is 367 g/mol. The van der Waals surface area contributed by atoms with Gasteiger partial charge in [-0.3, -0.25) is 9.59 Å².